The normalized spacial score (nSPS) is 12.3. The Balaban J connectivity index is 2.55. The van der Waals surface area contributed by atoms with Crippen LogP contribution < -0.4 is 10.2 Å². The summed E-state index contributed by atoms with van der Waals surface area (Å²) >= 11 is 4.19. The molecule has 0 saturated heterocycles. The molecule has 0 radical (unpaired) electrons. The first-order valence-electron chi connectivity index (χ1n) is 8.94. The van der Waals surface area contributed by atoms with Gasteiger partial charge in [-0.3, -0.25) is 19.5 Å². The van der Waals surface area contributed by atoms with Crippen molar-refractivity contribution in [1.29, 1.82) is 0 Å². The van der Waals surface area contributed by atoms with Crippen LogP contribution in [0.5, 0.6) is 0 Å². The van der Waals surface area contributed by atoms with E-state index in [1.54, 1.807) is 36.5 Å². The topological polar surface area (TPSA) is 62.3 Å². The Morgan fingerprint density at radius 2 is 1.85 bits per heavy atom. The van der Waals surface area contributed by atoms with Gasteiger partial charge in [-0.25, -0.2) is 0 Å². The lowest BCUT2D eigenvalue weighted by Gasteiger charge is -2.31. The molecule has 0 saturated carbocycles. The smallest absolute Gasteiger partial charge is 0.247 e. The first-order chi connectivity index (χ1) is 12.8. The van der Waals surface area contributed by atoms with Crippen molar-refractivity contribution >= 4 is 30.1 Å². The second-order valence-corrected chi connectivity index (χ2v) is 7.78. The zero-order chi connectivity index (χ0) is 20.0. The fourth-order valence-electron chi connectivity index (χ4n) is 2.87. The number of carbonyl (C=O) groups excluding carboxylic acids is 2. The average Bonchev–Trinajstić information content (AvgIpc) is 2.65. The van der Waals surface area contributed by atoms with Gasteiger partial charge in [0, 0.05) is 37.1 Å². The van der Waals surface area contributed by atoms with E-state index in [0.29, 0.717) is 17.0 Å². The number of hydrogen-bond acceptors (Lipinski definition) is 4. The van der Waals surface area contributed by atoms with Gasteiger partial charge in [0.2, 0.25) is 11.8 Å². The molecule has 0 unspecified atom stereocenters. The Morgan fingerprint density at radius 1 is 1.19 bits per heavy atom. The van der Waals surface area contributed by atoms with Gasteiger partial charge < -0.3 is 5.32 Å². The number of pyridine rings is 1. The molecule has 0 bridgehead atoms. The van der Waals surface area contributed by atoms with E-state index < -0.39 is 6.04 Å². The Hall–Kier alpha value is -2.34. The lowest BCUT2D eigenvalue weighted by atomic mass is 9.87. The van der Waals surface area contributed by atoms with Gasteiger partial charge in [-0.15, -0.1) is 0 Å². The van der Waals surface area contributed by atoms with Crippen LogP contribution in [-0.2, 0) is 15.0 Å². The van der Waals surface area contributed by atoms with Crippen LogP contribution in [0.2, 0.25) is 0 Å². The fourth-order valence-corrected chi connectivity index (χ4v) is 3.06. The molecule has 1 N–H and O–H groups in total. The van der Waals surface area contributed by atoms with E-state index in [1.165, 1.54) is 0 Å². The number of anilines is 1. The van der Waals surface area contributed by atoms with Gasteiger partial charge in [-0.1, -0.05) is 39.0 Å². The average molecular weight is 386 g/mol. The van der Waals surface area contributed by atoms with Gasteiger partial charge >= 0.3 is 0 Å². The van der Waals surface area contributed by atoms with Crippen LogP contribution in [0, 0.1) is 0 Å². The number of amides is 2. The highest BCUT2D eigenvalue weighted by atomic mass is 32.1. The minimum absolute atomic E-state index is 0.00200. The molecule has 0 aliphatic carbocycles. The summed E-state index contributed by atoms with van der Waals surface area (Å²) in [5, 5.41) is 2.67. The molecule has 1 heterocycles. The van der Waals surface area contributed by atoms with Crippen molar-refractivity contribution in [2.75, 3.05) is 17.7 Å². The van der Waals surface area contributed by atoms with Crippen LogP contribution in [0.3, 0.4) is 0 Å². The maximum Gasteiger partial charge on any atom is 0.247 e. The summed E-state index contributed by atoms with van der Waals surface area (Å²) in [7, 11) is 1.57. The molecule has 1 aromatic carbocycles. The third-order valence-corrected chi connectivity index (χ3v) is 4.58. The van der Waals surface area contributed by atoms with E-state index in [2.05, 4.69) is 43.7 Å². The van der Waals surface area contributed by atoms with Crippen molar-refractivity contribution in [3.63, 3.8) is 0 Å². The van der Waals surface area contributed by atoms with E-state index in [4.69, 9.17) is 0 Å². The molecule has 2 amide bonds. The Morgan fingerprint density at radius 3 is 2.33 bits per heavy atom. The van der Waals surface area contributed by atoms with E-state index >= 15 is 0 Å². The summed E-state index contributed by atoms with van der Waals surface area (Å²) < 4.78 is 0. The third kappa shape index (κ3) is 5.10. The van der Waals surface area contributed by atoms with Crippen LogP contribution >= 0.6 is 12.6 Å². The Bertz CT molecular complexity index is 770. The Labute approximate surface area is 166 Å². The minimum atomic E-state index is -0.795. The molecule has 1 atom stereocenters. The molecule has 0 aliphatic rings. The van der Waals surface area contributed by atoms with Crippen molar-refractivity contribution in [2.24, 2.45) is 0 Å². The van der Waals surface area contributed by atoms with E-state index in [1.807, 2.05) is 24.3 Å². The summed E-state index contributed by atoms with van der Waals surface area (Å²) in [6.45, 7) is 6.40. The highest BCUT2D eigenvalue weighted by molar-refractivity contribution is 7.80. The molecule has 6 heteroatoms. The fraction of sp³-hybridized carbons (Fsp3) is 0.381. The van der Waals surface area contributed by atoms with Crippen LogP contribution in [0.25, 0.3) is 0 Å². The molecule has 5 nitrogen and oxygen atoms in total. The van der Waals surface area contributed by atoms with Gasteiger partial charge in [-0.2, -0.15) is 12.6 Å². The Kier molecular flexibility index (Phi) is 7.02. The highest BCUT2D eigenvalue weighted by Gasteiger charge is 2.32. The zero-order valence-electron chi connectivity index (χ0n) is 16.3. The second-order valence-electron chi connectivity index (χ2n) is 7.34. The SMILES string of the molecule is CNC(=O)[C@@H](c1cccnc1)N(C(=O)CCS)c1ccc(C(C)(C)C)cc1. The summed E-state index contributed by atoms with van der Waals surface area (Å²) in [4.78, 5) is 31.3. The van der Waals surface area contributed by atoms with Gasteiger partial charge in [0.25, 0.3) is 0 Å². The predicted octanol–water partition coefficient (Wildman–Crippen LogP) is 3.52. The molecule has 144 valence electrons. The number of rotatable bonds is 6. The standard InChI is InChI=1S/C21H27N3O2S/c1-21(2,3)16-7-9-17(10-8-16)24(18(25)11-13-27)19(20(26)22-4)15-6-5-12-23-14-15/h5-10,12,14,19,27H,11,13H2,1-4H3,(H,22,26)/t19-/m1/s1. The zero-order valence-corrected chi connectivity index (χ0v) is 17.2. The first kappa shape index (κ1) is 21.0. The first-order valence-corrected chi connectivity index (χ1v) is 9.58. The molecule has 1 aromatic heterocycles. The summed E-state index contributed by atoms with van der Waals surface area (Å²) in [6.07, 6.45) is 3.49. The van der Waals surface area contributed by atoms with Gasteiger partial charge in [0.15, 0.2) is 0 Å². The number of hydrogen-bond donors (Lipinski definition) is 2. The van der Waals surface area contributed by atoms with Crippen LogP contribution in [0.1, 0.15) is 44.4 Å². The van der Waals surface area contributed by atoms with Gasteiger partial charge in [-0.05, 0) is 34.9 Å². The van der Waals surface area contributed by atoms with Gasteiger partial charge in [0.1, 0.15) is 6.04 Å². The van der Waals surface area contributed by atoms with Crippen LogP contribution in [-0.4, -0.2) is 29.6 Å². The van der Waals surface area contributed by atoms with E-state index in [-0.39, 0.29) is 23.7 Å². The largest absolute Gasteiger partial charge is 0.357 e. The maximum absolute atomic E-state index is 12.9. The number of nitrogens with zero attached hydrogens (tertiary/aromatic N) is 2. The molecule has 0 spiro atoms. The van der Waals surface area contributed by atoms with Crippen LogP contribution in [0.4, 0.5) is 5.69 Å². The number of thiol groups is 1. The summed E-state index contributed by atoms with van der Waals surface area (Å²) in [5.74, 6) is -0.0236. The maximum atomic E-state index is 12.9. The number of aromatic nitrogens is 1. The molecular weight excluding hydrogens is 358 g/mol. The van der Waals surface area contributed by atoms with E-state index in [0.717, 1.165) is 5.56 Å². The van der Waals surface area contributed by atoms with Gasteiger partial charge in [0.05, 0.1) is 0 Å². The van der Waals surface area contributed by atoms with Crippen molar-refractivity contribution in [1.82, 2.24) is 10.3 Å². The van der Waals surface area contributed by atoms with Crippen molar-refractivity contribution < 1.29 is 9.59 Å². The molecule has 2 aromatic rings. The predicted molar refractivity (Wildman–Crippen MR) is 112 cm³/mol. The monoisotopic (exact) mass is 385 g/mol. The molecule has 0 fully saturated rings. The third-order valence-electron chi connectivity index (χ3n) is 4.36. The van der Waals surface area contributed by atoms with E-state index in [9.17, 15) is 9.59 Å². The van der Waals surface area contributed by atoms with Crippen LogP contribution in [0.15, 0.2) is 48.8 Å². The minimum Gasteiger partial charge on any atom is -0.357 e. The van der Waals surface area contributed by atoms with Crippen molar-refractivity contribution in [3.05, 3.63) is 59.9 Å². The molecule has 27 heavy (non-hydrogen) atoms. The summed E-state index contributed by atoms with van der Waals surface area (Å²) in [5.41, 5.74) is 2.49. The highest BCUT2D eigenvalue weighted by Crippen LogP contribution is 2.31. The molecular formula is C21H27N3O2S. The van der Waals surface area contributed by atoms with Crippen molar-refractivity contribution in [2.45, 2.75) is 38.6 Å². The quantitative estimate of drug-likeness (QED) is 0.748. The van der Waals surface area contributed by atoms with Crippen molar-refractivity contribution in [3.8, 4) is 0 Å². The molecule has 2 rings (SSSR count). The second kappa shape index (κ2) is 9.04. The lowest BCUT2D eigenvalue weighted by molar-refractivity contribution is -0.126. The molecule has 0 aliphatic heterocycles. The summed E-state index contributed by atoms with van der Waals surface area (Å²) in [6, 6.07) is 10.6. The number of carbonyl (C=O) groups is 2. The number of likely N-dealkylation sites (N-methyl/N-ethyl adjacent to an activating group) is 1. The number of benzene rings is 1. The lowest BCUT2D eigenvalue weighted by Crippen LogP contribution is -2.43. The number of nitrogens with one attached hydrogen (secondary N) is 1.